The summed E-state index contributed by atoms with van der Waals surface area (Å²) in [5.74, 6) is 0.556. The van der Waals surface area contributed by atoms with Crippen molar-refractivity contribution < 1.29 is 4.79 Å². The summed E-state index contributed by atoms with van der Waals surface area (Å²) in [7, 11) is 0. The summed E-state index contributed by atoms with van der Waals surface area (Å²) in [6.07, 6.45) is 1.02. The molecule has 4 rings (SSSR count). The first-order valence-corrected chi connectivity index (χ1v) is 11.2. The number of rotatable bonds is 8. The van der Waals surface area contributed by atoms with Gasteiger partial charge in [0.2, 0.25) is 11.7 Å². The Morgan fingerprint density at radius 3 is 2.67 bits per heavy atom. The lowest BCUT2D eigenvalue weighted by Crippen LogP contribution is -2.13. The van der Waals surface area contributed by atoms with Gasteiger partial charge in [-0.2, -0.15) is 4.80 Å². The quantitative estimate of drug-likeness (QED) is 0.432. The third-order valence-electron chi connectivity index (χ3n) is 4.19. The Bertz CT molecular complexity index is 1110. The number of aryl methyl sites for hydroxylation is 2. The molecule has 0 saturated carbocycles. The van der Waals surface area contributed by atoms with Gasteiger partial charge in [0, 0.05) is 33.6 Å². The molecule has 1 N–H and O–H groups in total. The Balaban J connectivity index is 1.22. The van der Waals surface area contributed by atoms with Crippen LogP contribution in [0.1, 0.15) is 18.5 Å². The summed E-state index contributed by atoms with van der Waals surface area (Å²) in [4.78, 5) is 19.3. The van der Waals surface area contributed by atoms with Crippen LogP contribution in [0, 0.1) is 6.92 Å². The van der Waals surface area contributed by atoms with Gasteiger partial charge in [0.1, 0.15) is 0 Å². The van der Waals surface area contributed by atoms with E-state index in [1.807, 2.05) is 66.9 Å². The first-order valence-electron chi connectivity index (χ1n) is 9.49. The van der Waals surface area contributed by atoms with Crippen molar-refractivity contribution in [3.8, 4) is 11.4 Å². The molecule has 0 bridgehead atoms. The number of carbonyl (C=O) groups excluding carboxylic acids is 1. The van der Waals surface area contributed by atoms with E-state index in [0.717, 1.165) is 26.2 Å². The van der Waals surface area contributed by atoms with Gasteiger partial charge in [0.15, 0.2) is 4.34 Å². The van der Waals surface area contributed by atoms with Crippen LogP contribution in [-0.4, -0.2) is 31.1 Å². The maximum Gasteiger partial charge on any atom is 0.224 e. The third kappa shape index (κ3) is 5.52. The summed E-state index contributed by atoms with van der Waals surface area (Å²) in [6.45, 7) is 2.52. The minimum atomic E-state index is -0.0330. The maximum absolute atomic E-state index is 12.2. The van der Waals surface area contributed by atoms with Gasteiger partial charge < -0.3 is 5.32 Å². The van der Waals surface area contributed by atoms with Crippen LogP contribution >= 0.6 is 23.1 Å². The molecule has 0 spiro atoms. The molecule has 0 atom stereocenters. The fourth-order valence-corrected chi connectivity index (χ4v) is 4.54. The average molecular weight is 437 g/mol. The molecule has 0 saturated heterocycles. The van der Waals surface area contributed by atoms with E-state index in [1.54, 1.807) is 23.1 Å². The minimum absolute atomic E-state index is 0.0330. The predicted molar refractivity (Wildman–Crippen MR) is 119 cm³/mol. The second-order valence-electron chi connectivity index (χ2n) is 6.61. The first kappa shape index (κ1) is 20.2. The van der Waals surface area contributed by atoms with E-state index in [0.29, 0.717) is 25.2 Å². The largest absolute Gasteiger partial charge is 0.326 e. The fourth-order valence-electron chi connectivity index (χ4n) is 2.73. The third-order valence-corrected chi connectivity index (χ3v) is 6.25. The van der Waals surface area contributed by atoms with E-state index in [1.165, 1.54) is 4.80 Å². The van der Waals surface area contributed by atoms with Gasteiger partial charge in [0.25, 0.3) is 0 Å². The highest BCUT2D eigenvalue weighted by molar-refractivity contribution is 8.01. The monoisotopic (exact) mass is 436 g/mol. The van der Waals surface area contributed by atoms with Crippen molar-refractivity contribution in [3.05, 3.63) is 65.7 Å². The standard InChI is InChI=1S/C21H20N6OS2/c1-15-14-29-21(22-15)30-18-11-9-17(10-12-18)23-19(28)8-5-13-27-25-20(24-26-27)16-6-3-2-4-7-16/h2-4,6-7,9-12,14H,5,8,13H2,1H3,(H,23,28). The molecule has 0 aliphatic carbocycles. The number of anilines is 1. The first-order chi connectivity index (χ1) is 14.7. The molecule has 0 aliphatic heterocycles. The zero-order valence-electron chi connectivity index (χ0n) is 16.4. The lowest BCUT2D eigenvalue weighted by atomic mass is 10.2. The second-order valence-corrected chi connectivity index (χ2v) is 8.79. The van der Waals surface area contributed by atoms with Crippen molar-refractivity contribution in [1.29, 1.82) is 0 Å². The number of hydrogen-bond donors (Lipinski definition) is 1. The van der Waals surface area contributed by atoms with Crippen molar-refractivity contribution >= 4 is 34.7 Å². The zero-order chi connectivity index (χ0) is 20.8. The highest BCUT2D eigenvalue weighted by Gasteiger charge is 2.07. The van der Waals surface area contributed by atoms with Crippen LogP contribution in [0.3, 0.4) is 0 Å². The topological polar surface area (TPSA) is 85.6 Å². The van der Waals surface area contributed by atoms with Crippen LogP contribution in [0.25, 0.3) is 11.4 Å². The number of amides is 1. The molecular weight excluding hydrogens is 416 g/mol. The van der Waals surface area contributed by atoms with Gasteiger partial charge in [0.05, 0.1) is 6.54 Å². The highest BCUT2D eigenvalue weighted by Crippen LogP contribution is 2.30. The Kier molecular flexibility index (Phi) is 6.50. The van der Waals surface area contributed by atoms with Crippen molar-refractivity contribution in [3.63, 3.8) is 0 Å². The van der Waals surface area contributed by atoms with Crippen molar-refractivity contribution in [1.82, 2.24) is 25.2 Å². The predicted octanol–water partition coefficient (Wildman–Crippen LogP) is 4.68. The molecule has 0 radical (unpaired) electrons. The van der Waals surface area contributed by atoms with Gasteiger partial charge in [-0.3, -0.25) is 4.79 Å². The number of benzene rings is 2. The van der Waals surface area contributed by atoms with Crippen molar-refractivity contribution in [2.45, 2.75) is 35.5 Å². The summed E-state index contributed by atoms with van der Waals surface area (Å²) in [5.41, 5.74) is 2.74. The molecule has 2 aromatic heterocycles. The molecule has 0 fully saturated rings. The van der Waals surface area contributed by atoms with Crippen LogP contribution in [-0.2, 0) is 11.3 Å². The van der Waals surface area contributed by atoms with Gasteiger partial charge in [-0.15, -0.1) is 21.5 Å². The molecule has 1 amide bonds. The number of tetrazole rings is 1. The number of nitrogens with zero attached hydrogens (tertiary/aromatic N) is 5. The smallest absolute Gasteiger partial charge is 0.224 e. The maximum atomic E-state index is 12.2. The number of aromatic nitrogens is 5. The summed E-state index contributed by atoms with van der Waals surface area (Å²) >= 11 is 3.25. The van der Waals surface area contributed by atoms with Gasteiger partial charge >= 0.3 is 0 Å². The number of nitrogens with one attached hydrogen (secondary N) is 1. The van der Waals surface area contributed by atoms with E-state index in [-0.39, 0.29) is 5.91 Å². The molecule has 2 heterocycles. The average Bonchev–Trinajstić information content (AvgIpc) is 3.39. The molecule has 2 aromatic carbocycles. The Hall–Kier alpha value is -3.04. The lowest BCUT2D eigenvalue weighted by Gasteiger charge is -2.06. The van der Waals surface area contributed by atoms with E-state index < -0.39 is 0 Å². The summed E-state index contributed by atoms with van der Waals surface area (Å²) < 4.78 is 1.02. The molecule has 152 valence electrons. The SMILES string of the molecule is Cc1csc(Sc2ccc(NC(=O)CCCn3nnc(-c4ccccc4)n3)cc2)n1. The number of hydrogen-bond acceptors (Lipinski definition) is 7. The van der Waals surface area contributed by atoms with Crippen LogP contribution in [0.4, 0.5) is 5.69 Å². The molecule has 0 unspecified atom stereocenters. The normalized spacial score (nSPS) is 10.8. The Morgan fingerprint density at radius 1 is 1.13 bits per heavy atom. The second kappa shape index (κ2) is 9.64. The van der Waals surface area contributed by atoms with E-state index in [4.69, 9.17) is 0 Å². The van der Waals surface area contributed by atoms with Crippen molar-refractivity contribution in [2.75, 3.05) is 5.32 Å². The summed E-state index contributed by atoms with van der Waals surface area (Å²) in [6, 6.07) is 17.5. The molecule has 9 heteroatoms. The van der Waals surface area contributed by atoms with Gasteiger partial charge in [-0.05, 0) is 42.8 Å². The van der Waals surface area contributed by atoms with E-state index >= 15 is 0 Å². The van der Waals surface area contributed by atoms with Crippen LogP contribution in [0.15, 0.2) is 69.2 Å². The molecule has 30 heavy (non-hydrogen) atoms. The summed E-state index contributed by atoms with van der Waals surface area (Å²) in [5, 5.41) is 17.4. The van der Waals surface area contributed by atoms with Crippen LogP contribution in [0.2, 0.25) is 0 Å². The molecule has 0 aliphatic rings. The Morgan fingerprint density at radius 2 is 1.93 bits per heavy atom. The number of thiazole rings is 1. The van der Waals surface area contributed by atoms with Crippen LogP contribution in [0.5, 0.6) is 0 Å². The minimum Gasteiger partial charge on any atom is -0.326 e. The molecule has 4 aromatic rings. The van der Waals surface area contributed by atoms with Gasteiger partial charge in [-0.1, -0.05) is 42.1 Å². The molecule has 7 nitrogen and oxygen atoms in total. The lowest BCUT2D eigenvalue weighted by molar-refractivity contribution is -0.116. The highest BCUT2D eigenvalue weighted by atomic mass is 32.2. The zero-order valence-corrected chi connectivity index (χ0v) is 18.0. The van der Waals surface area contributed by atoms with Crippen LogP contribution < -0.4 is 5.32 Å². The Labute approximate surface area is 182 Å². The molecular formula is C21H20N6OS2. The van der Waals surface area contributed by atoms with Gasteiger partial charge in [-0.25, -0.2) is 4.98 Å². The fraction of sp³-hybridized carbons (Fsp3) is 0.190. The van der Waals surface area contributed by atoms with Crippen molar-refractivity contribution in [2.24, 2.45) is 0 Å². The van der Waals surface area contributed by atoms with E-state index in [9.17, 15) is 4.79 Å². The van der Waals surface area contributed by atoms with E-state index in [2.05, 4.69) is 25.7 Å². The number of carbonyl (C=O) groups is 1.